The zero-order valence-electron chi connectivity index (χ0n) is 17.2. The second-order valence-electron chi connectivity index (χ2n) is 8.45. The molecule has 0 N–H and O–H groups in total. The van der Waals surface area contributed by atoms with E-state index in [0.29, 0.717) is 26.2 Å². The topological polar surface area (TPSA) is 42.0 Å². The average molecular weight is 410 g/mol. The van der Waals surface area contributed by atoms with Gasteiger partial charge in [0.1, 0.15) is 11.9 Å². The molecule has 0 unspecified atom stereocenters. The summed E-state index contributed by atoms with van der Waals surface area (Å²) < 4.78 is 25.4. The summed E-state index contributed by atoms with van der Waals surface area (Å²) in [7, 11) is 2.09. The van der Waals surface area contributed by atoms with E-state index in [-0.39, 0.29) is 29.9 Å². The lowest BCUT2D eigenvalue weighted by Crippen LogP contribution is -2.58. The number of benzene rings is 2. The van der Waals surface area contributed by atoms with Gasteiger partial charge in [-0.1, -0.05) is 36.4 Å². The van der Waals surface area contributed by atoms with Gasteiger partial charge in [-0.2, -0.15) is 0 Å². The lowest BCUT2D eigenvalue weighted by Gasteiger charge is -2.46. The van der Waals surface area contributed by atoms with Gasteiger partial charge in [0.25, 0.3) is 5.91 Å². The van der Waals surface area contributed by atoms with Crippen molar-refractivity contribution in [3.05, 3.63) is 71.0 Å². The predicted molar refractivity (Wildman–Crippen MR) is 111 cm³/mol. The van der Waals surface area contributed by atoms with Crippen molar-refractivity contribution in [3.63, 3.8) is 0 Å². The Morgan fingerprint density at radius 3 is 2.70 bits per heavy atom. The minimum absolute atomic E-state index is 0.0104. The molecule has 2 saturated heterocycles. The molecule has 6 heteroatoms. The summed E-state index contributed by atoms with van der Waals surface area (Å²) in [4.78, 5) is 17.9. The highest BCUT2D eigenvalue weighted by molar-refractivity contribution is 5.82. The second-order valence-corrected chi connectivity index (χ2v) is 8.45. The fourth-order valence-electron chi connectivity index (χ4n) is 5.06. The number of hydrogen-bond acceptors (Lipinski definition) is 4. The first-order chi connectivity index (χ1) is 14.6. The maximum absolute atomic E-state index is 13.7. The number of rotatable bonds is 2. The van der Waals surface area contributed by atoms with Gasteiger partial charge in [-0.15, -0.1) is 0 Å². The fraction of sp³-hybridized carbons (Fsp3) is 0.458. The molecule has 4 atom stereocenters. The van der Waals surface area contributed by atoms with E-state index >= 15 is 0 Å². The minimum Gasteiger partial charge on any atom is -0.373 e. The molecule has 0 spiro atoms. The third kappa shape index (κ3) is 3.53. The fourth-order valence-corrected chi connectivity index (χ4v) is 5.06. The molecule has 0 saturated carbocycles. The van der Waals surface area contributed by atoms with Gasteiger partial charge >= 0.3 is 0 Å². The van der Waals surface area contributed by atoms with E-state index < -0.39 is 6.10 Å². The molecule has 2 aromatic rings. The van der Waals surface area contributed by atoms with E-state index in [9.17, 15) is 9.18 Å². The first-order valence-corrected chi connectivity index (χ1v) is 10.7. The molecule has 0 aromatic heterocycles. The van der Waals surface area contributed by atoms with E-state index in [2.05, 4.69) is 24.1 Å². The Kier molecular flexibility index (Phi) is 5.31. The van der Waals surface area contributed by atoms with Crippen LogP contribution in [0.4, 0.5) is 4.39 Å². The first-order valence-electron chi connectivity index (χ1n) is 10.7. The van der Waals surface area contributed by atoms with E-state index in [1.54, 1.807) is 12.1 Å². The SMILES string of the molecule is CN1CCO[C@H]2CO[C@@H](C(=O)N3CCc4ccccc4[C@@H]3c3ccc(F)cc3)C[C@@H]21. The standard InChI is InChI=1S/C24H27FN2O3/c1-26-12-13-29-22-15-30-21(14-20(22)26)24(28)27-11-10-16-4-2-3-5-19(16)23(27)17-6-8-18(25)9-7-17/h2-9,20-23H,10-15H2,1H3/t20-,21+,22-,23-/m0/s1. The number of halogens is 1. The maximum atomic E-state index is 13.7. The second kappa shape index (κ2) is 8.10. The summed E-state index contributed by atoms with van der Waals surface area (Å²) in [6.07, 6.45) is 0.988. The number of carbonyl (C=O) groups is 1. The van der Waals surface area contributed by atoms with Crippen molar-refractivity contribution < 1.29 is 18.7 Å². The number of nitrogens with zero attached hydrogens (tertiary/aromatic N) is 2. The molecule has 0 bridgehead atoms. The Hall–Kier alpha value is -2.28. The van der Waals surface area contributed by atoms with Crippen LogP contribution in [0.25, 0.3) is 0 Å². The zero-order chi connectivity index (χ0) is 20.7. The van der Waals surface area contributed by atoms with Crippen LogP contribution in [0.2, 0.25) is 0 Å². The van der Waals surface area contributed by atoms with Gasteiger partial charge in [0.05, 0.1) is 25.4 Å². The highest BCUT2D eigenvalue weighted by Gasteiger charge is 2.43. The van der Waals surface area contributed by atoms with Gasteiger partial charge in [-0.3, -0.25) is 9.69 Å². The highest BCUT2D eigenvalue weighted by Crippen LogP contribution is 2.37. The van der Waals surface area contributed by atoms with Crippen LogP contribution >= 0.6 is 0 Å². The van der Waals surface area contributed by atoms with E-state index in [0.717, 1.165) is 24.1 Å². The van der Waals surface area contributed by atoms with Crippen LogP contribution in [0.1, 0.15) is 29.2 Å². The van der Waals surface area contributed by atoms with Gasteiger partial charge in [0, 0.05) is 25.6 Å². The van der Waals surface area contributed by atoms with Crippen LogP contribution in [-0.2, 0) is 20.7 Å². The molecule has 3 aliphatic heterocycles. The van der Waals surface area contributed by atoms with E-state index in [1.165, 1.54) is 17.7 Å². The number of hydrogen-bond donors (Lipinski definition) is 0. The molecule has 158 valence electrons. The molecule has 0 radical (unpaired) electrons. The Bertz CT molecular complexity index is 919. The third-order valence-electron chi connectivity index (χ3n) is 6.72. The molecule has 2 aromatic carbocycles. The molecule has 0 aliphatic carbocycles. The number of fused-ring (bicyclic) bond motifs is 2. The van der Waals surface area contributed by atoms with Crippen molar-refractivity contribution in [2.24, 2.45) is 0 Å². The summed E-state index contributed by atoms with van der Waals surface area (Å²) >= 11 is 0. The number of morpholine rings is 1. The Morgan fingerprint density at radius 1 is 1.07 bits per heavy atom. The van der Waals surface area contributed by atoms with Gasteiger partial charge in [-0.25, -0.2) is 4.39 Å². The smallest absolute Gasteiger partial charge is 0.252 e. The quantitative estimate of drug-likeness (QED) is 0.764. The molecule has 1 amide bonds. The van der Waals surface area contributed by atoms with Crippen molar-refractivity contribution in [1.82, 2.24) is 9.80 Å². The Balaban J connectivity index is 1.44. The van der Waals surface area contributed by atoms with Gasteiger partial charge in [-0.05, 0) is 42.3 Å². The third-order valence-corrected chi connectivity index (χ3v) is 6.72. The van der Waals surface area contributed by atoms with Gasteiger partial charge in [0.2, 0.25) is 0 Å². The van der Waals surface area contributed by atoms with Gasteiger partial charge in [0.15, 0.2) is 0 Å². The zero-order valence-corrected chi connectivity index (χ0v) is 17.2. The summed E-state index contributed by atoms with van der Waals surface area (Å²) in [6, 6.07) is 14.7. The van der Waals surface area contributed by atoms with E-state index in [1.807, 2.05) is 17.0 Å². The van der Waals surface area contributed by atoms with Crippen LogP contribution in [0, 0.1) is 5.82 Å². The number of likely N-dealkylation sites (N-methyl/N-ethyl adjacent to an activating group) is 1. The van der Waals surface area contributed by atoms with Crippen LogP contribution in [0.5, 0.6) is 0 Å². The predicted octanol–water partition coefficient (Wildman–Crippen LogP) is 2.79. The Morgan fingerprint density at radius 2 is 1.87 bits per heavy atom. The van der Waals surface area contributed by atoms with E-state index in [4.69, 9.17) is 9.47 Å². The van der Waals surface area contributed by atoms with Crippen molar-refractivity contribution in [2.75, 3.05) is 33.4 Å². The summed E-state index contributed by atoms with van der Waals surface area (Å²) in [5.41, 5.74) is 3.26. The number of amides is 1. The van der Waals surface area contributed by atoms with Crippen molar-refractivity contribution in [2.45, 2.75) is 37.1 Å². The average Bonchev–Trinajstić information content (AvgIpc) is 2.78. The highest BCUT2D eigenvalue weighted by atomic mass is 19.1. The lowest BCUT2D eigenvalue weighted by atomic mass is 9.87. The maximum Gasteiger partial charge on any atom is 0.252 e. The van der Waals surface area contributed by atoms with Crippen LogP contribution < -0.4 is 0 Å². The minimum atomic E-state index is -0.483. The monoisotopic (exact) mass is 410 g/mol. The van der Waals surface area contributed by atoms with Gasteiger partial charge < -0.3 is 14.4 Å². The van der Waals surface area contributed by atoms with Crippen molar-refractivity contribution in [3.8, 4) is 0 Å². The Labute approximate surface area is 176 Å². The molecular formula is C24H27FN2O3. The first kappa shape index (κ1) is 19.7. The molecule has 2 fully saturated rings. The van der Waals surface area contributed by atoms with Crippen LogP contribution in [-0.4, -0.2) is 67.3 Å². The lowest BCUT2D eigenvalue weighted by molar-refractivity contribution is -0.174. The number of carbonyl (C=O) groups excluding carboxylic acids is 1. The van der Waals surface area contributed by atoms with Crippen LogP contribution in [0.15, 0.2) is 48.5 Å². The molecule has 5 nitrogen and oxygen atoms in total. The molecule has 3 aliphatic rings. The largest absolute Gasteiger partial charge is 0.373 e. The normalized spacial score (nSPS) is 29.2. The molecule has 30 heavy (non-hydrogen) atoms. The molecule has 5 rings (SSSR count). The summed E-state index contributed by atoms with van der Waals surface area (Å²) in [5, 5.41) is 0. The van der Waals surface area contributed by atoms with Crippen LogP contribution in [0.3, 0.4) is 0 Å². The molecular weight excluding hydrogens is 383 g/mol. The summed E-state index contributed by atoms with van der Waals surface area (Å²) in [6.45, 7) is 2.64. The molecule has 3 heterocycles. The van der Waals surface area contributed by atoms with Crippen molar-refractivity contribution >= 4 is 5.91 Å². The number of ether oxygens (including phenoxy) is 2. The van der Waals surface area contributed by atoms with Crippen molar-refractivity contribution in [1.29, 1.82) is 0 Å². The summed E-state index contributed by atoms with van der Waals surface area (Å²) in [5.74, 6) is -0.265.